The van der Waals surface area contributed by atoms with Gasteiger partial charge in [-0.05, 0) is 39.0 Å². The van der Waals surface area contributed by atoms with E-state index in [-0.39, 0.29) is 12.3 Å². The van der Waals surface area contributed by atoms with Crippen molar-refractivity contribution in [2.45, 2.75) is 39.9 Å². The molecule has 31 heavy (non-hydrogen) atoms. The number of nitrogens with zero attached hydrogens (tertiary/aromatic N) is 1. The molecule has 0 saturated carbocycles. The van der Waals surface area contributed by atoms with Gasteiger partial charge >= 0.3 is 18.0 Å². The summed E-state index contributed by atoms with van der Waals surface area (Å²) in [5, 5.41) is 2.68. The number of carbonyl (C=O) groups is 3. The van der Waals surface area contributed by atoms with E-state index >= 15 is 0 Å². The molecule has 0 saturated heterocycles. The molecule has 0 fully saturated rings. The first-order chi connectivity index (χ1) is 14.6. The van der Waals surface area contributed by atoms with Gasteiger partial charge in [-0.2, -0.15) is 0 Å². The number of aromatic nitrogens is 1. The maximum Gasteiger partial charge on any atom is 0.412 e. The summed E-state index contributed by atoms with van der Waals surface area (Å²) in [6, 6.07) is 8.60. The maximum absolute atomic E-state index is 12.1. The van der Waals surface area contributed by atoms with Gasteiger partial charge in [0.2, 0.25) is 0 Å². The standard InChI is InChI=1S/C23H24N2O6/c1-15(26)30-14-18-12-16(13-24-20(18)21(27)29-5)10-11-17-8-6-7-9-19(17)25-22(28)31-23(2,3)4/h6-9,12-13H,14H2,1-5H3,(H,25,28). The van der Waals surface area contributed by atoms with Crippen LogP contribution >= 0.6 is 0 Å². The molecule has 1 heterocycles. The highest BCUT2D eigenvalue weighted by atomic mass is 16.6. The molecule has 0 radical (unpaired) electrons. The molecule has 1 aromatic heterocycles. The molecular formula is C23H24N2O6. The lowest BCUT2D eigenvalue weighted by molar-refractivity contribution is -0.142. The highest BCUT2D eigenvalue weighted by Crippen LogP contribution is 2.17. The van der Waals surface area contributed by atoms with E-state index < -0.39 is 23.6 Å². The van der Waals surface area contributed by atoms with Crippen molar-refractivity contribution in [3.05, 3.63) is 58.9 Å². The number of rotatable bonds is 4. The fourth-order valence-corrected chi connectivity index (χ4v) is 2.40. The van der Waals surface area contributed by atoms with Crippen LogP contribution in [0.2, 0.25) is 0 Å². The van der Waals surface area contributed by atoms with Crippen molar-refractivity contribution in [1.29, 1.82) is 0 Å². The number of anilines is 1. The van der Waals surface area contributed by atoms with E-state index in [4.69, 9.17) is 14.2 Å². The van der Waals surface area contributed by atoms with Crippen LogP contribution in [0.5, 0.6) is 0 Å². The molecule has 0 aliphatic rings. The van der Waals surface area contributed by atoms with Crippen molar-refractivity contribution in [1.82, 2.24) is 4.98 Å². The number of pyridine rings is 1. The topological polar surface area (TPSA) is 104 Å². The van der Waals surface area contributed by atoms with Crippen LogP contribution in [0.25, 0.3) is 0 Å². The second kappa shape index (κ2) is 10.3. The number of para-hydroxylation sites is 1. The van der Waals surface area contributed by atoms with Crippen LogP contribution in [0, 0.1) is 11.8 Å². The third kappa shape index (κ3) is 7.48. The fourth-order valence-electron chi connectivity index (χ4n) is 2.40. The molecule has 0 aliphatic heterocycles. The molecule has 1 N–H and O–H groups in total. The lowest BCUT2D eigenvalue weighted by Crippen LogP contribution is -2.27. The minimum atomic E-state index is -0.645. The zero-order valence-corrected chi connectivity index (χ0v) is 18.1. The number of esters is 2. The van der Waals surface area contributed by atoms with Crippen molar-refractivity contribution >= 4 is 23.7 Å². The molecule has 2 rings (SSSR count). The second-order valence-electron chi connectivity index (χ2n) is 7.43. The fraction of sp³-hybridized carbons (Fsp3) is 0.304. The Bertz CT molecular complexity index is 1040. The molecule has 0 unspecified atom stereocenters. The summed E-state index contributed by atoms with van der Waals surface area (Å²) in [7, 11) is 1.24. The first-order valence-corrected chi connectivity index (χ1v) is 9.40. The lowest BCUT2D eigenvalue weighted by atomic mass is 10.1. The molecular weight excluding hydrogens is 400 g/mol. The summed E-state index contributed by atoms with van der Waals surface area (Å²) in [6.45, 7) is 6.45. The number of nitrogens with one attached hydrogen (secondary N) is 1. The van der Waals surface area contributed by atoms with Crippen LogP contribution in [0.3, 0.4) is 0 Å². The summed E-state index contributed by atoms with van der Waals surface area (Å²) >= 11 is 0. The molecule has 8 nitrogen and oxygen atoms in total. The number of ether oxygens (including phenoxy) is 3. The van der Waals surface area contributed by atoms with E-state index in [2.05, 4.69) is 22.1 Å². The molecule has 2 aromatic rings. The first kappa shape index (κ1) is 23.4. The molecule has 0 bridgehead atoms. The average molecular weight is 424 g/mol. The van der Waals surface area contributed by atoms with Gasteiger partial charge in [0.05, 0.1) is 12.8 Å². The molecule has 0 spiro atoms. The Morgan fingerprint density at radius 3 is 2.48 bits per heavy atom. The van der Waals surface area contributed by atoms with E-state index in [1.165, 1.54) is 20.2 Å². The number of benzene rings is 1. The van der Waals surface area contributed by atoms with Gasteiger partial charge in [0, 0.05) is 29.8 Å². The minimum absolute atomic E-state index is 0.0429. The molecule has 0 aliphatic carbocycles. The summed E-state index contributed by atoms with van der Waals surface area (Å²) in [5.41, 5.74) is 1.32. The van der Waals surface area contributed by atoms with Crippen LogP contribution in [0.1, 0.15) is 54.9 Å². The van der Waals surface area contributed by atoms with E-state index in [0.29, 0.717) is 22.4 Å². The first-order valence-electron chi connectivity index (χ1n) is 9.40. The Hall–Kier alpha value is -3.86. The summed E-state index contributed by atoms with van der Waals surface area (Å²) in [5.74, 6) is 4.77. The van der Waals surface area contributed by atoms with Crippen LogP contribution in [-0.4, -0.2) is 35.7 Å². The molecule has 1 amide bonds. The van der Waals surface area contributed by atoms with Crippen LogP contribution in [0.4, 0.5) is 10.5 Å². The Balaban J connectivity index is 2.31. The average Bonchev–Trinajstić information content (AvgIpc) is 2.69. The zero-order valence-electron chi connectivity index (χ0n) is 18.1. The largest absolute Gasteiger partial charge is 0.464 e. The number of carbonyl (C=O) groups excluding carboxylic acids is 3. The van der Waals surface area contributed by atoms with Gasteiger partial charge in [-0.25, -0.2) is 14.6 Å². The SMILES string of the molecule is COC(=O)c1ncc(C#Cc2ccccc2NC(=O)OC(C)(C)C)cc1COC(C)=O. The van der Waals surface area contributed by atoms with Crippen molar-refractivity contribution in [2.24, 2.45) is 0 Å². The van der Waals surface area contributed by atoms with Crippen molar-refractivity contribution in [2.75, 3.05) is 12.4 Å². The van der Waals surface area contributed by atoms with Gasteiger partial charge in [0.25, 0.3) is 0 Å². The van der Waals surface area contributed by atoms with Crippen molar-refractivity contribution < 1.29 is 28.6 Å². The van der Waals surface area contributed by atoms with Crippen LogP contribution in [0.15, 0.2) is 36.5 Å². The van der Waals surface area contributed by atoms with Gasteiger partial charge in [-0.15, -0.1) is 0 Å². The summed E-state index contributed by atoms with van der Waals surface area (Å²) < 4.78 is 15.0. The van der Waals surface area contributed by atoms with Crippen LogP contribution < -0.4 is 5.32 Å². The van der Waals surface area contributed by atoms with Gasteiger partial charge in [0.1, 0.15) is 12.2 Å². The van der Waals surface area contributed by atoms with E-state index in [0.717, 1.165) is 0 Å². The molecule has 0 atom stereocenters. The number of amides is 1. The number of methoxy groups -OCH3 is 1. The van der Waals surface area contributed by atoms with Crippen molar-refractivity contribution in [3.8, 4) is 11.8 Å². The monoisotopic (exact) mass is 424 g/mol. The second-order valence-corrected chi connectivity index (χ2v) is 7.43. The Morgan fingerprint density at radius 2 is 1.84 bits per heavy atom. The number of hydrogen-bond donors (Lipinski definition) is 1. The Kier molecular flexibility index (Phi) is 7.75. The third-order valence-corrected chi connectivity index (χ3v) is 3.68. The number of hydrogen-bond acceptors (Lipinski definition) is 7. The highest BCUT2D eigenvalue weighted by molar-refractivity contribution is 5.89. The zero-order chi connectivity index (χ0) is 23.0. The molecule has 1 aromatic carbocycles. The van der Waals surface area contributed by atoms with Crippen molar-refractivity contribution in [3.63, 3.8) is 0 Å². The summed E-state index contributed by atoms with van der Waals surface area (Å²) in [4.78, 5) is 39.2. The minimum Gasteiger partial charge on any atom is -0.464 e. The quantitative estimate of drug-likeness (QED) is 0.454. The Labute approximate surface area is 180 Å². The van der Waals surface area contributed by atoms with Gasteiger partial charge < -0.3 is 14.2 Å². The van der Waals surface area contributed by atoms with Gasteiger partial charge in [-0.1, -0.05) is 24.0 Å². The molecule has 162 valence electrons. The Morgan fingerprint density at radius 1 is 1.13 bits per heavy atom. The van der Waals surface area contributed by atoms with E-state index in [1.54, 1.807) is 51.1 Å². The predicted octanol–water partition coefficient (Wildman–Crippen LogP) is 3.68. The van der Waals surface area contributed by atoms with Gasteiger partial charge in [-0.3, -0.25) is 10.1 Å². The maximum atomic E-state index is 12.1. The predicted molar refractivity (Wildman–Crippen MR) is 113 cm³/mol. The summed E-state index contributed by atoms with van der Waals surface area (Å²) in [6.07, 6.45) is 0.829. The third-order valence-electron chi connectivity index (χ3n) is 3.68. The normalized spacial score (nSPS) is 10.4. The highest BCUT2D eigenvalue weighted by Gasteiger charge is 2.17. The van der Waals surface area contributed by atoms with E-state index in [1.807, 2.05) is 0 Å². The lowest BCUT2D eigenvalue weighted by Gasteiger charge is -2.20. The molecule has 8 heteroatoms. The van der Waals surface area contributed by atoms with Gasteiger partial charge in [0.15, 0.2) is 5.69 Å². The smallest absolute Gasteiger partial charge is 0.412 e. The van der Waals surface area contributed by atoms with E-state index in [9.17, 15) is 14.4 Å². The van der Waals surface area contributed by atoms with Crippen LogP contribution in [-0.2, 0) is 25.6 Å².